The molecule has 0 heterocycles. The number of carboxylic acids is 1. The summed E-state index contributed by atoms with van der Waals surface area (Å²) in [5.41, 5.74) is -1.34. The molecule has 0 saturated heterocycles. The average molecular weight is 992 g/mol. The van der Waals surface area contributed by atoms with Gasteiger partial charge in [-0.1, -0.05) is 85.0 Å². The van der Waals surface area contributed by atoms with Gasteiger partial charge in [0.2, 0.25) is 18.4 Å². The van der Waals surface area contributed by atoms with Gasteiger partial charge in [-0.15, -0.1) is 0 Å². The summed E-state index contributed by atoms with van der Waals surface area (Å²) < 4.78 is 86.0. The molecule has 4 rings (SSSR count). The van der Waals surface area contributed by atoms with Crippen LogP contribution in [0.4, 0.5) is 35.9 Å². The second-order valence-corrected chi connectivity index (χ2v) is 16.0. The Morgan fingerprint density at radius 3 is 1.40 bits per heavy atom. The van der Waals surface area contributed by atoms with Crippen molar-refractivity contribution in [2.45, 2.75) is 101 Å². The van der Waals surface area contributed by atoms with Crippen molar-refractivity contribution in [1.29, 1.82) is 0 Å². The van der Waals surface area contributed by atoms with E-state index < -0.39 is 90.6 Å². The number of hydrogen-bond donors (Lipinski definition) is 1. The minimum atomic E-state index is -5.05. The van der Waals surface area contributed by atoms with Crippen LogP contribution in [0.3, 0.4) is 0 Å². The SMILES string of the molecule is CN(C(=O)OCCl)[C@]1(c2ccccc2Cl)CCCCC1=O.C[C@H](CC(=O)C(F)(F)F)C(=O)O.C[C@H](CC(=O)C(F)(F)F)C(=O)OCOC(=O)N(C)[C@]1(c2ccccc2Cl)CCCCC1=O. The molecule has 2 fully saturated rings. The van der Waals surface area contributed by atoms with Crippen molar-refractivity contribution in [2.24, 2.45) is 11.8 Å². The first-order valence-corrected chi connectivity index (χ1v) is 21.0. The first-order valence-electron chi connectivity index (χ1n) is 19.7. The van der Waals surface area contributed by atoms with E-state index in [4.69, 9.17) is 49.4 Å². The van der Waals surface area contributed by atoms with Crippen LogP contribution in [-0.4, -0.2) is 101 Å². The van der Waals surface area contributed by atoms with Crippen LogP contribution in [0.1, 0.15) is 89.2 Å². The van der Waals surface area contributed by atoms with Crippen LogP contribution in [0.2, 0.25) is 10.0 Å². The first-order chi connectivity index (χ1) is 30.2. The largest absolute Gasteiger partial charge is 0.481 e. The summed E-state index contributed by atoms with van der Waals surface area (Å²) in [4.78, 5) is 95.9. The van der Waals surface area contributed by atoms with Crippen LogP contribution in [0.25, 0.3) is 0 Å². The molecule has 4 atom stereocenters. The van der Waals surface area contributed by atoms with Crippen LogP contribution >= 0.6 is 34.8 Å². The lowest BCUT2D eigenvalue weighted by molar-refractivity contribution is -0.174. The molecule has 0 spiro atoms. The highest BCUT2D eigenvalue weighted by atomic mass is 35.5. The standard InChI is InChI=1S/C21H23ClF3NO6.C15H17Cl2NO3.C6H7F3O3/c1-13(11-17(28)21(23,24)25)18(29)31-12-32-19(30)26(2)20(10-6-5-9-16(20)27)14-7-3-4-8-15(14)22;1-18(14(20)21-10-16)15(9-5-4-8-13(15)19)11-6-2-3-7-12(11)17;1-3(5(11)12)2-4(10)6(7,8)9/h3-4,7-8,13H,5-6,9-12H2,1-2H3;2-3,6-7H,4-5,8-10H2,1H3;3H,2H2,1H3,(H,11,12)/t13-,20+;15-;3-/m101/s1. The van der Waals surface area contributed by atoms with Gasteiger partial charge in [-0.2, -0.15) is 26.3 Å². The van der Waals surface area contributed by atoms with Crippen molar-refractivity contribution in [2.75, 3.05) is 27.0 Å². The number of carboxylic acid groups (broad SMARTS) is 1. The molecular formula is C42H47Cl3F6N2O12. The van der Waals surface area contributed by atoms with Gasteiger partial charge < -0.3 is 19.3 Å². The highest BCUT2D eigenvalue weighted by molar-refractivity contribution is 6.32. The minimum absolute atomic E-state index is 0.0177. The van der Waals surface area contributed by atoms with Gasteiger partial charge in [-0.25, -0.2) is 9.59 Å². The fourth-order valence-electron chi connectivity index (χ4n) is 7.05. The van der Waals surface area contributed by atoms with E-state index in [0.717, 1.165) is 31.6 Å². The molecular weight excluding hydrogens is 945 g/mol. The van der Waals surface area contributed by atoms with Crippen LogP contribution in [0, 0.1) is 11.8 Å². The first kappa shape index (κ1) is 56.2. The summed E-state index contributed by atoms with van der Waals surface area (Å²) in [5.74, 6) is -9.51. The van der Waals surface area contributed by atoms with Crippen molar-refractivity contribution >= 4 is 82.1 Å². The number of carbonyl (C=O) groups is 8. The zero-order valence-electron chi connectivity index (χ0n) is 35.5. The van der Waals surface area contributed by atoms with Crippen molar-refractivity contribution in [3.8, 4) is 0 Å². The topological polar surface area (TPSA) is 191 Å². The van der Waals surface area contributed by atoms with Crippen molar-refractivity contribution < 1.29 is 84.0 Å². The third kappa shape index (κ3) is 14.8. The number of likely N-dealkylation sites (N-methyl/N-ethyl adjacent to an activating group) is 2. The van der Waals surface area contributed by atoms with E-state index in [9.17, 15) is 64.7 Å². The number of alkyl halides is 7. The van der Waals surface area contributed by atoms with Crippen molar-refractivity contribution in [3.05, 3.63) is 69.7 Å². The van der Waals surface area contributed by atoms with E-state index in [1.807, 2.05) is 6.07 Å². The Balaban J connectivity index is 0.000000376. The lowest BCUT2D eigenvalue weighted by Crippen LogP contribution is -2.54. The Kier molecular flexibility index (Phi) is 21.2. The van der Waals surface area contributed by atoms with Crippen LogP contribution in [-0.2, 0) is 54.1 Å². The Bertz CT molecular complexity index is 2060. The van der Waals surface area contributed by atoms with Crippen molar-refractivity contribution in [3.63, 3.8) is 0 Å². The maximum Gasteiger partial charge on any atom is 0.449 e. The maximum atomic E-state index is 13.0. The highest BCUT2D eigenvalue weighted by Crippen LogP contribution is 2.44. The number of amides is 2. The van der Waals surface area contributed by atoms with E-state index in [1.165, 1.54) is 11.9 Å². The monoisotopic (exact) mass is 990 g/mol. The molecule has 23 heteroatoms. The molecule has 2 aliphatic carbocycles. The van der Waals surface area contributed by atoms with Crippen LogP contribution in [0.15, 0.2) is 48.5 Å². The Morgan fingerprint density at radius 2 is 1.05 bits per heavy atom. The predicted octanol–water partition coefficient (Wildman–Crippen LogP) is 9.58. The van der Waals surface area contributed by atoms with Gasteiger partial charge in [0.25, 0.3) is 0 Å². The molecule has 2 aliphatic rings. The van der Waals surface area contributed by atoms with E-state index in [0.29, 0.717) is 53.3 Å². The number of aliphatic carboxylic acids is 1. The number of halogens is 9. The molecule has 0 aliphatic heterocycles. The zero-order valence-corrected chi connectivity index (χ0v) is 37.8. The molecule has 2 saturated carbocycles. The molecule has 360 valence electrons. The van der Waals surface area contributed by atoms with Gasteiger partial charge in [0.15, 0.2) is 17.6 Å². The Labute approximate surface area is 384 Å². The molecule has 0 bridgehead atoms. The van der Waals surface area contributed by atoms with E-state index in [1.54, 1.807) is 49.5 Å². The molecule has 0 unspecified atom stereocenters. The van der Waals surface area contributed by atoms with Gasteiger partial charge >= 0.3 is 36.5 Å². The van der Waals surface area contributed by atoms with Crippen molar-refractivity contribution in [1.82, 2.24) is 9.80 Å². The summed E-state index contributed by atoms with van der Waals surface area (Å²) in [5, 5.41) is 8.95. The van der Waals surface area contributed by atoms with Gasteiger partial charge in [-0.3, -0.25) is 38.6 Å². The number of Topliss-reactive ketones (excluding diaryl/α,β-unsaturated/α-hetero) is 4. The lowest BCUT2D eigenvalue weighted by Gasteiger charge is -2.43. The maximum absolute atomic E-state index is 13.0. The van der Waals surface area contributed by atoms with Gasteiger partial charge in [-0.05, 0) is 50.7 Å². The summed E-state index contributed by atoms with van der Waals surface area (Å²) in [7, 11) is 2.92. The molecule has 65 heavy (non-hydrogen) atoms. The van der Waals surface area contributed by atoms with Crippen LogP contribution < -0.4 is 0 Å². The Morgan fingerprint density at radius 1 is 0.662 bits per heavy atom. The number of nitrogens with zero attached hydrogens (tertiary/aromatic N) is 2. The molecule has 2 aromatic carbocycles. The number of ether oxygens (including phenoxy) is 3. The highest BCUT2D eigenvalue weighted by Gasteiger charge is 2.50. The molecule has 0 radical (unpaired) electrons. The quantitative estimate of drug-likeness (QED) is 0.0867. The lowest BCUT2D eigenvalue weighted by atomic mass is 9.74. The molecule has 14 nitrogen and oxygen atoms in total. The number of benzene rings is 2. The summed E-state index contributed by atoms with van der Waals surface area (Å²) >= 11 is 18.0. The fraction of sp³-hybridized carbons (Fsp3) is 0.524. The zero-order chi connectivity index (χ0) is 49.5. The third-order valence-corrected chi connectivity index (χ3v) is 11.4. The van der Waals surface area contributed by atoms with E-state index in [2.05, 4.69) is 4.74 Å². The smallest absolute Gasteiger partial charge is 0.449 e. The summed E-state index contributed by atoms with van der Waals surface area (Å²) in [6.45, 7) is 1.25. The van der Waals surface area contributed by atoms with Gasteiger partial charge in [0, 0.05) is 61.0 Å². The summed E-state index contributed by atoms with van der Waals surface area (Å²) in [6.07, 6.45) is -9.17. The van der Waals surface area contributed by atoms with Crippen LogP contribution in [0.5, 0.6) is 0 Å². The summed E-state index contributed by atoms with van der Waals surface area (Å²) in [6, 6.07) is 13.5. The second kappa shape index (κ2) is 24.5. The average Bonchev–Trinajstić information content (AvgIpc) is 3.24. The normalized spacial score (nSPS) is 19.4. The number of esters is 1. The minimum Gasteiger partial charge on any atom is -0.481 e. The molecule has 0 aromatic heterocycles. The molecule has 1 N–H and O–H groups in total. The molecule has 2 amide bonds. The Hall–Kier alpha value is -4.95. The third-order valence-electron chi connectivity index (χ3n) is 10.6. The number of hydrogen-bond acceptors (Lipinski definition) is 11. The van der Waals surface area contributed by atoms with Gasteiger partial charge in [0.05, 0.1) is 11.8 Å². The van der Waals surface area contributed by atoms with E-state index in [-0.39, 0.29) is 24.1 Å². The predicted molar refractivity (Wildman–Crippen MR) is 221 cm³/mol. The number of rotatable bonds is 13. The number of ketones is 4. The van der Waals surface area contributed by atoms with E-state index >= 15 is 0 Å². The van der Waals surface area contributed by atoms with Gasteiger partial charge in [0.1, 0.15) is 11.1 Å². The fourth-order valence-corrected chi connectivity index (χ4v) is 7.73. The second-order valence-electron chi connectivity index (χ2n) is 15.0. The molecule has 2 aromatic rings. The number of carbonyl (C=O) groups excluding carboxylic acids is 7.